The van der Waals surface area contributed by atoms with Crippen molar-refractivity contribution < 1.29 is 4.79 Å². The minimum absolute atomic E-state index is 0.0247. The van der Waals surface area contributed by atoms with E-state index in [4.69, 9.17) is 0 Å². The SMILES string of the molecule is Cc1nc2ccc(C(=O)NCCN3CCC(c4ccccc4)CC3)cc2[nH]1. The van der Waals surface area contributed by atoms with Crippen molar-refractivity contribution in [3.63, 3.8) is 0 Å². The van der Waals surface area contributed by atoms with E-state index in [1.54, 1.807) is 0 Å². The number of carbonyl (C=O) groups excluding carboxylic acids is 1. The third-order valence-corrected chi connectivity index (χ3v) is 5.43. The first kappa shape index (κ1) is 17.7. The van der Waals surface area contributed by atoms with Crippen molar-refractivity contribution in [2.45, 2.75) is 25.7 Å². The molecule has 0 saturated carbocycles. The maximum Gasteiger partial charge on any atom is 0.251 e. The second-order valence-corrected chi connectivity index (χ2v) is 7.34. The highest BCUT2D eigenvalue weighted by Crippen LogP contribution is 2.27. The van der Waals surface area contributed by atoms with Gasteiger partial charge in [0.2, 0.25) is 0 Å². The van der Waals surface area contributed by atoms with Gasteiger partial charge >= 0.3 is 0 Å². The first-order chi connectivity index (χ1) is 13.2. The fourth-order valence-electron chi connectivity index (χ4n) is 3.92. The van der Waals surface area contributed by atoms with E-state index in [-0.39, 0.29) is 5.91 Å². The zero-order chi connectivity index (χ0) is 18.6. The maximum absolute atomic E-state index is 12.4. The van der Waals surface area contributed by atoms with E-state index in [0.717, 1.165) is 36.5 Å². The maximum atomic E-state index is 12.4. The summed E-state index contributed by atoms with van der Waals surface area (Å²) in [6, 6.07) is 16.4. The van der Waals surface area contributed by atoms with Crippen LogP contribution in [-0.4, -0.2) is 47.0 Å². The summed E-state index contributed by atoms with van der Waals surface area (Å²) < 4.78 is 0. The van der Waals surface area contributed by atoms with E-state index in [1.807, 2.05) is 25.1 Å². The quantitative estimate of drug-likeness (QED) is 0.730. The summed E-state index contributed by atoms with van der Waals surface area (Å²) in [5.41, 5.74) is 3.93. The minimum Gasteiger partial charge on any atom is -0.351 e. The summed E-state index contributed by atoms with van der Waals surface area (Å²) in [6.07, 6.45) is 2.38. The molecule has 140 valence electrons. The van der Waals surface area contributed by atoms with Gasteiger partial charge in [-0.2, -0.15) is 0 Å². The standard InChI is InChI=1S/C22H26N4O/c1-16-24-20-8-7-19(15-21(20)25-16)22(27)23-11-14-26-12-9-18(10-13-26)17-5-3-2-4-6-17/h2-8,15,18H,9-14H2,1H3,(H,23,27)(H,24,25). The Morgan fingerprint density at radius 3 is 2.74 bits per heavy atom. The summed E-state index contributed by atoms with van der Waals surface area (Å²) in [4.78, 5) is 22.4. The van der Waals surface area contributed by atoms with Gasteiger partial charge in [0, 0.05) is 18.7 Å². The number of likely N-dealkylation sites (tertiary alicyclic amines) is 1. The van der Waals surface area contributed by atoms with Crippen molar-refractivity contribution in [3.8, 4) is 0 Å². The number of aromatic amines is 1. The smallest absolute Gasteiger partial charge is 0.251 e. The number of H-pyrrole nitrogens is 1. The lowest BCUT2D eigenvalue weighted by molar-refractivity contribution is 0.0946. The molecule has 1 aromatic heterocycles. The number of piperidine rings is 1. The number of benzene rings is 2. The lowest BCUT2D eigenvalue weighted by Gasteiger charge is -2.32. The molecule has 2 aromatic carbocycles. The molecule has 27 heavy (non-hydrogen) atoms. The van der Waals surface area contributed by atoms with Crippen LogP contribution in [0.15, 0.2) is 48.5 Å². The summed E-state index contributed by atoms with van der Waals surface area (Å²) in [6.45, 7) is 5.68. The average Bonchev–Trinajstić information content (AvgIpc) is 3.08. The van der Waals surface area contributed by atoms with Crippen molar-refractivity contribution in [3.05, 3.63) is 65.5 Å². The lowest BCUT2D eigenvalue weighted by atomic mass is 9.89. The number of hydrogen-bond acceptors (Lipinski definition) is 3. The predicted molar refractivity (Wildman–Crippen MR) is 108 cm³/mol. The normalized spacial score (nSPS) is 15.9. The van der Waals surface area contributed by atoms with Crippen LogP contribution < -0.4 is 5.32 Å². The van der Waals surface area contributed by atoms with E-state index in [1.165, 1.54) is 18.4 Å². The largest absolute Gasteiger partial charge is 0.351 e. The zero-order valence-electron chi connectivity index (χ0n) is 15.7. The Labute approximate surface area is 159 Å². The van der Waals surface area contributed by atoms with E-state index >= 15 is 0 Å². The fourth-order valence-corrected chi connectivity index (χ4v) is 3.92. The number of aromatic nitrogens is 2. The van der Waals surface area contributed by atoms with Crippen molar-refractivity contribution in [1.29, 1.82) is 0 Å². The molecule has 4 rings (SSSR count). The zero-order valence-corrected chi connectivity index (χ0v) is 15.7. The van der Waals surface area contributed by atoms with E-state index < -0.39 is 0 Å². The Balaban J connectivity index is 1.24. The minimum atomic E-state index is -0.0247. The Morgan fingerprint density at radius 1 is 1.19 bits per heavy atom. The second kappa shape index (κ2) is 7.92. The molecule has 0 aliphatic carbocycles. The molecule has 0 atom stereocenters. The molecule has 1 amide bonds. The monoisotopic (exact) mass is 362 g/mol. The van der Waals surface area contributed by atoms with Gasteiger partial charge in [0.05, 0.1) is 11.0 Å². The van der Waals surface area contributed by atoms with Crippen LogP contribution in [0.1, 0.15) is 40.5 Å². The molecule has 1 saturated heterocycles. The van der Waals surface area contributed by atoms with Gasteiger partial charge < -0.3 is 15.2 Å². The molecule has 1 aliphatic heterocycles. The number of amides is 1. The van der Waals surface area contributed by atoms with E-state index in [2.05, 4.69) is 50.5 Å². The lowest BCUT2D eigenvalue weighted by Crippen LogP contribution is -2.39. The highest BCUT2D eigenvalue weighted by molar-refractivity contribution is 5.97. The summed E-state index contributed by atoms with van der Waals surface area (Å²) in [5.74, 6) is 1.51. The van der Waals surface area contributed by atoms with Crippen molar-refractivity contribution in [2.24, 2.45) is 0 Å². The number of aryl methyl sites for hydroxylation is 1. The first-order valence-electron chi connectivity index (χ1n) is 9.71. The highest BCUT2D eigenvalue weighted by atomic mass is 16.1. The number of carbonyl (C=O) groups is 1. The van der Waals surface area contributed by atoms with E-state index in [9.17, 15) is 4.79 Å². The van der Waals surface area contributed by atoms with Crippen molar-refractivity contribution in [2.75, 3.05) is 26.2 Å². The summed E-state index contributed by atoms with van der Waals surface area (Å²) >= 11 is 0. The summed E-state index contributed by atoms with van der Waals surface area (Å²) in [7, 11) is 0. The third-order valence-electron chi connectivity index (χ3n) is 5.43. The highest BCUT2D eigenvalue weighted by Gasteiger charge is 2.20. The Hall–Kier alpha value is -2.66. The molecular formula is C22H26N4O. The predicted octanol–water partition coefficient (Wildman–Crippen LogP) is 3.48. The molecule has 0 radical (unpaired) electrons. The van der Waals surface area contributed by atoms with Crippen LogP contribution in [0.5, 0.6) is 0 Å². The number of rotatable bonds is 5. The molecule has 2 N–H and O–H groups in total. The first-order valence-corrected chi connectivity index (χ1v) is 9.71. The number of nitrogens with one attached hydrogen (secondary N) is 2. The second-order valence-electron chi connectivity index (χ2n) is 7.34. The topological polar surface area (TPSA) is 61.0 Å². The molecule has 0 bridgehead atoms. The fraction of sp³-hybridized carbons (Fsp3) is 0.364. The van der Waals surface area contributed by atoms with Crippen LogP contribution >= 0.6 is 0 Å². The van der Waals surface area contributed by atoms with Crippen LogP contribution in [0.3, 0.4) is 0 Å². The number of hydrogen-bond donors (Lipinski definition) is 2. The van der Waals surface area contributed by atoms with Crippen LogP contribution in [0.4, 0.5) is 0 Å². The van der Waals surface area contributed by atoms with Crippen LogP contribution in [0, 0.1) is 6.92 Å². The van der Waals surface area contributed by atoms with Gasteiger partial charge in [-0.05, 0) is 62.5 Å². The van der Waals surface area contributed by atoms with Crippen LogP contribution in [0.25, 0.3) is 11.0 Å². The molecule has 5 nitrogen and oxygen atoms in total. The van der Waals surface area contributed by atoms with E-state index in [0.29, 0.717) is 18.0 Å². The molecular weight excluding hydrogens is 336 g/mol. The van der Waals surface area contributed by atoms with Gasteiger partial charge in [0.25, 0.3) is 5.91 Å². The van der Waals surface area contributed by atoms with Gasteiger partial charge in [-0.1, -0.05) is 30.3 Å². The van der Waals surface area contributed by atoms with Gasteiger partial charge in [-0.3, -0.25) is 4.79 Å². The van der Waals surface area contributed by atoms with Gasteiger partial charge in [-0.25, -0.2) is 4.98 Å². The molecule has 0 spiro atoms. The van der Waals surface area contributed by atoms with Crippen LogP contribution in [-0.2, 0) is 0 Å². The van der Waals surface area contributed by atoms with Crippen molar-refractivity contribution >= 4 is 16.9 Å². The molecule has 0 unspecified atom stereocenters. The molecule has 2 heterocycles. The number of fused-ring (bicyclic) bond motifs is 1. The molecule has 3 aromatic rings. The molecule has 5 heteroatoms. The number of imidazole rings is 1. The Bertz CT molecular complexity index is 910. The third kappa shape index (κ3) is 4.19. The Kier molecular flexibility index (Phi) is 5.21. The van der Waals surface area contributed by atoms with Gasteiger partial charge in [-0.15, -0.1) is 0 Å². The average molecular weight is 362 g/mol. The van der Waals surface area contributed by atoms with Gasteiger partial charge in [0.1, 0.15) is 5.82 Å². The molecule has 1 aliphatic rings. The summed E-state index contributed by atoms with van der Waals surface area (Å²) in [5, 5.41) is 3.05. The van der Waals surface area contributed by atoms with Crippen LogP contribution in [0.2, 0.25) is 0 Å². The van der Waals surface area contributed by atoms with Crippen molar-refractivity contribution in [1.82, 2.24) is 20.2 Å². The number of nitrogens with zero attached hydrogens (tertiary/aromatic N) is 2. The van der Waals surface area contributed by atoms with Gasteiger partial charge in [0.15, 0.2) is 0 Å². The Morgan fingerprint density at radius 2 is 1.96 bits per heavy atom. The molecule has 1 fully saturated rings.